The number of rotatable bonds is 3. The molecular formula is C11H11ClN6S. The second-order valence-electron chi connectivity index (χ2n) is 4.13. The molecule has 3 heterocycles. The van der Waals surface area contributed by atoms with Crippen LogP contribution < -0.4 is 5.32 Å². The summed E-state index contributed by atoms with van der Waals surface area (Å²) in [5, 5.41) is 12.3. The van der Waals surface area contributed by atoms with E-state index in [2.05, 4.69) is 31.5 Å². The van der Waals surface area contributed by atoms with E-state index in [0.717, 1.165) is 21.9 Å². The lowest BCUT2D eigenvalue weighted by atomic mass is 10.3. The van der Waals surface area contributed by atoms with Crippen molar-refractivity contribution >= 4 is 39.0 Å². The average Bonchev–Trinajstić information content (AvgIpc) is 2.91. The fourth-order valence-electron chi connectivity index (χ4n) is 1.78. The lowest BCUT2D eigenvalue weighted by Gasteiger charge is -2.06. The minimum absolute atomic E-state index is 0.245. The van der Waals surface area contributed by atoms with Crippen LogP contribution in [-0.4, -0.2) is 24.7 Å². The molecule has 6 nitrogen and oxygen atoms in total. The number of nitrogens with zero attached hydrogens (tertiary/aromatic N) is 5. The molecule has 3 aromatic rings. The molecule has 3 aromatic heterocycles. The fraction of sp³-hybridized carbons (Fsp3) is 0.273. The van der Waals surface area contributed by atoms with E-state index in [0.29, 0.717) is 6.54 Å². The predicted molar refractivity (Wildman–Crippen MR) is 75.5 cm³/mol. The van der Waals surface area contributed by atoms with Crippen molar-refractivity contribution in [1.29, 1.82) is 0 Å². The van der Waals surface area contributed by atoms with E-state index in [1.165, 1.54) is 4.88 Å². The van der Waals surface area contributed by atoms with E-state index in [-0.39, 0.29) is 5.28 Å². The van der Waals surface area contributed by atoms with Gasteiger partial charge in [0, 0.05) is 11.9 Å². The summed E-state index contributed by atoms with van der Waals surface area (Å²) in [7, 11) is 1.90. The zero-order chi connectivity index (χ0) is 13.4. The maximum Gasteiger partial charge on any atom is 0.225 e. The van der Waals surface area contributed by atoms with Crippen LogP contribution in [0.5, 0.6) is 0 Å². The number of nitrogens with one attached hydrogen (secondary N) is 1. The maximum atomic E-state index is 5.94. The summed E-state index contributed by atoms with van der Waals surface area (Å²) >= 11 is 7.53. The quantitative estimate of drug-likeness (QED) is 0.751. The van der Waals surface area contributed by atoms with Crippen LogP contribution in [-0.2, 0) is 13.6 Å². The highest BCUT2D eigenvalue weighted by molar-refractivity contribution is 7.18. The van der Waals surface area contributed by atoms with Crippen molar-refractivity contribution in [3.05, 3.63) is 28.4 Å². The molecule has 3 rings (SSSR count). The molecule has 0 saturated heterocycles. The summed E-state index contributed by atoms with van der Waals surface area (Å²) < 4.78 is 1.85. The van der Waals surface area contributed by atoms with Gasteiger partial charge in [-0.25, -0.2) is 9.97 Å². The van der Waals surface area contributed by atoms with Crippen LogP contribution >= 0.6 is 22.9 Å². The molecule has 0 atom stereocenters. The molecule has 0 aromatic carbocycles. The zero-order valence-corrected chi connectivity index (χ0v) is 12.0. The van der Waals surface area contributed by atoms with E-state index >= 15 is 0 Å². The molecule has 19 heavy (non-hydrogen) atoms. The molecule has 0 amide bonds. The van der Waals surface area contributed by atoms with Gasteiger partial charge in [-0.05, 0) is 24.6 Å². The summed E-state index contributed by atoms with van der Waals surface area (Å²) in [6.45, 7) is 2.57. The normalized spacial score (nSPS) is 11.1. The number of hydrogen-bond donors (Lipinski definition) is 1. The first-order valence-electron chi connectivity index (χ1n) is 5.64. The Morgan fingerprint density at radius 2 is 2.26 bits per heavy atom. The summed E-state index contributed by atoms with van der Waals surface area (Å²) in [6.07, 6.45) is 1.66. The van der Waals surface area contributed by atoms with Gasteiger partial charge in [0.1, 0.15) is 17.0 Å². The Morgan fingerprint density at radius 3 is 3.00 bits per heavy atom. The van der Waals surface area contributed by atoms with E-state index in [1.807, 2.05) is 18.5 Å². The van der Waals surface area contributed by atoms with Gasteiger partial charge in [-0.3, -0.25) is 0 Å². The number of thiophene rings is 1. The van der Waals surface area contributed by atoms with Crippen LogP contribution in [0.4, 0.5) is 5.82 Å². The molecule has 0 aliphatic carbocycles. The Kier molecular flexibility index (Phi) is 3.08. The first-order valence-corrected chi connectivity index (χ1v) is 6.83. The first-order chi connectivity index (χ1) is 9.13. The largest absolute Gasteiger partial charge is 0.362 e. The number of anilines is 1. The molecule has 0 aliphatic heterocycles. The molecule has 98 valence electrons. The maximum absolute atomic E-state index is 5.94. The molecule has 0 bridgehead atoms. The third-order valence-corrected chi connectivity index (χ3v) is 3.82. The predicted octanol–water partition coefficient (Wildman–Crippen LogP) is 2.39. The lowest BCUT2D eigenvalue weighted by molar-refractivity contribution is 0.810. The summed E-state index contributed by atoms with van der Waals surface area (Å²) in [5.74, 6) is 1.55. The molecule has 0 spiro atoms. The van der Waals surface area contributed by atoms with Gasteiger partial charge in [-0.15, -0.1) is 21.5 Å². The van der Waals surface area contributed by atoms with Crippen molar-refractivity contribution in [2.75, 3.05) is 5.32 Å². The summed E-state index contributed by atoms with van der Waals surface area (Å²) in [5.41, 5.74) is 0. The van der Waals surface area contributed by atoms with Crippen LogP contribution in [0.25, 0.3) is 10.2 Å². The average molecular weight is 295 g/mol. The minimum atomic E-state index is 0.245. The number of hydrogen-bond acceptors (Lipinski definition) is 6. The second kappa shape index (κ2) is 4.75. The van der Waals surface area contributed by atoms with Gasteiger partial charge in [-0.2, -0.15) is 0 Å². The van der Waals surface area contributed by atoms with Crippen molar-refractivity contribution in [3.63, 3.8) is 0 Å². The van der Waals surface area contributed by atoms with Crippen molar-refractivity contribution < 1.29 is 0 Å². The molecule has 0 fully saturated rings. The van der Waals surface area contributed by atoms with Crippen molar-refractivity contribution in [2.45, 2.75) is 13.5 Å². The van der Waals surface area contributed by atoms with Crippen LogP contribution in [0.3, 0.4) is 0 Å². The number of aromatic nitrogens is 5. The Hall–Kier alpha value is -1.73. The summed E-state index contributed by atoms with van der Waals surface area (Å²) in [6, 6.07) is 2.05. The highest BCUT2D eigenvalue weighted by atomic mass is 35.5. The molecular weight excluding hydrogens is 284 g/mol. The van der Waals surface area contributed by atoms with Crippen molar-refractivity contribution in [1.82, 2.24) is 24.7 Å². The Bertz CT molecular complexity index is 734. The third-order valence-electron chi connectivity index (χ3n) is 2.71. The smallest absolute Gasteiger partial charge is 0.225 e. The van der Waals surface area contributed by atoms with E-state index < -0.39 is 0 Å². The Labute approximate surface area is 118 Å². The minimum Gasteiger partial charge on any atom is -0.362 e. The highest BCUT2D eigenvalue weighted by Crippen LogP contribution is 2.29. The fourth-order valence-corrected chi connectivity index (χ4v) is 2.88. The third kappa shape index (κ3) is 2.39. The van der Waals surface area contributed by atoms with Gasteiger partial charge in [0.15, 0.2) is 5.82 Å². The SMILES string of the molecule is Cc1cc2c(NCc3nncn3C)nc(Cl)nc2s1. The topological polar surface area (TPSA) is 68.5 Å². The van der Waals surface area contributed by atoms with Gasteiger partial charge >= 0.3 is 0 Å². The molecule has 8 heteroatoms. The van der Waals surface area contributed by atoms with Crippen molar-refractivity contribution in [3.8, 4) is 0 Å². The van der Waals surface area contributed by atoms with Crippen LogP contribution in [0, 0.1) is 6.92 Å². The van der Waals surface area contributed by atoms with Gasteiger partial charge in [0.2, 0.25) is 5.28 Å². The number of halogens is 1. The van der Waals surface area contributed by atoms with Gasteiger partial charge in [0.25, 0.3) is 0 Å². The van der Waals surface area contributed by atoms with Gasteiger partial charge in [-0.1, -0.05) is 0 Å². The van der Waals surface area contributed by atoms with Gasteiger partial charge in [0.05, 0.1) is 11.9 Å². The van der Waals surface area contributed by atoms with E-state index in [4.69, 9.17) is 11.6 Å². The van der Waals surface area contributed by atoms with Crippen LogP contribution in [0.2, 0.25) is 5.28 Å². The lowest BCUT2D eigenvalue weighted by Crippen LogP contribution is -2.07. The molecule has 1 N–H and O–H groups in total. The standard InChI is InChI=1S/C11H11ClN6S/c1-6-3-7-9(15-11(12)16-10(7)19-6)13-4-8-17-14-5-18(8)2/h3,5H,4H2,1-2H3,(H,13,15,16). The molecule has 0 saturated carbocycles. The first kappa shape index (κ1) is 12.3. The number of aryl methyl sites for hydroxylation is 2. The molecule has 0 radical (unpaired) electrons. The summed E-state index contributed by atoms with van der Waals surface area (Å²) in [4.78, 5) is 10.5. The molecule has 0 aliphatic rings. The zero-order valence-electron chi connectivity index (χ0n) is 10.4. The second-order valence-corrected chi connectivity index (χ2v) is 5.70. The van der Waals surface area contributed by atoms with Gasteiger partial charge < -0.3 is 9.88 Å². The van der Waals surface area contributed by atoms with Crippen molar-refractivity contribution in [2.24, 2.45) is 7.05 Å². The van der Waals surface area contributed by atoms with Crippen LogP contribution in [0.1, 0.15) is 10.7 Å². The number of fused-ring (bicyclic) bond motifs is 1. The molecule has 0 unspecified atom stereocenters. The monoisotopic (exact) mass is 294 g/mol. The van der Waals surface area contributed by atoms with E-state index in [9.17, 15) is 0 Å². The Morgan fingerprint density at radius 1 is 1.42 bits per heavy atom. The Balaban J connectivity index is 1.94. The van der Waals surface area contributed by atoms with Crippen LogP contribution in [0.15, 0.2) is 12.4 Å². The highest BCUT2D eigenvalue weighted by Gasteiger charge is 2.10. The van der Waals surface area contributed by atoms with E-state index in [1.54, 1.807) is 17.7 Å².